The minimum atomic E-state index is -0.0420. The van der Waals surface area contributed by atoms with Gasteiger partial charge in [-0.1, -0.05) is 0 Å². The molecular weight excluding hydrogens is 280 g/mol. The van der Waals surface area contributed by atoms with E-state index in [-0.39, 0.29) is 5.54 Å². The van der Waals surface area contributed by atoms with Crippen molar-refractivity contribution in [2.75, 3.05) is 19.8 Å². The third-order valence-corrected chi connectivity index (χ3v) is 3.92. The molecule has 0 radical (unpaired) electrons. The second-order valence-corrected chi connectivity index (χ2v) is 5.95. The van der Waals surface area contributed by atoms with Gasteiger partial charge in [0.15, 0.2) is 5.82 Å². The van der Waals surface area contributed by atoms with Gasteiger partial charge >= 0.3 is 0 Å². The number of aromatic nitrogens is 4. The number of nitriles is 1. The minimum absolute atomic E-state index is 0.0420. The molecule has 0 saturated carbocycles. The Labute approximate surface area is 129 Å². The van der Waals surface area contributed by atoms with E-state index in [1.807, 2.05) is 12.1 Å². The van der Waals surface area contributed by atoms with Crippen molar-refractivity contribution < 1.29 is 4.74 Å². The molecule has 3 rings (SSSR count). The van der Waals surface area contributed by atoms with E-state index in [0.717, 1.165) is 24.7 Å². The third-order valence-electron chi connectivity index (χ3n) is 3.92. The van der Waals surface area contributed by atoms with Gasteiger partial charge in [-0.3, -0.25) is 4.90 Å². The maximum Gasteiger partial charge on any atom is 0.170 e. The summed E-state index contributed by atoms with van der Waals surface area (Å²) in [4.78, 5) is 2.32. The van der Waals surface area contributed by atoms with Gasteiger partial charge in [-0.25, -0.2) is 0 Å². The molecule has 7 heteroatoms. The number of nitrogens with zero attached hydrogens (tertiary/aromatic N) is 6. The van der Waals surface area contributed by atoms with Crippen LogP contribution in [0.25, 0.3) is 5.69 Å². The highest BCUT2D eigenvalue weighted by Crippen LogP contribution is 2.21. The smallest absolute Gasteiger partial charge is 0.170 e. The molecule has 0 aliphatic carbocycles. The van der Waals surface area contributed by atoms with Crippen LogP contribution < -0.4 is 0 Å². The second kappa shape index (κ2) is 5.83. The van der Waals surface area contributed by atoms with Crippen molar-refractivity contribution in [2.45, 2.75) is 25.9 Å². The van der Waals surface area contributed by atoms with Gasteiger partial charge in [0, 0.05) is 12.1 Å². The van der Waals surface area contributed by atoms with Crippen LogP contribution >= 0.6 is 0 Å². The summed E-state index contributed by atoms with van der Waals surface area (Å²) in [6, 6.07) is 9.33. The van der Waals surface area contributed by atoms with Crippen LogP contribution in [-0.2, 0) is 11.3 Å². The van der Waals surface area contributed by atoms with E-state index in [0.29, 0.717) is 18.7 Å². The van der Waals surface area contributed by atoms with Crippen molar-refractivity contribution in [3.63, 3.8) is 0 Å². The molecule has 0 N–H and O–H groups in total. The van der Waals surface area contributed by atoms with E-state index in [1.165, 1.54) is 0 Å². The summed E-state index contributed by atoms with van der Waals surface area (Å²) < 4.78 is 7.26. The van der Waals surface area contributed by atoms with Crippen LogP contribution in [0.1, 0.15) is 25.2 Å². The number of ether oxygens (including phenoxy) is 1. The lowest BCUT2D eigenvalue weighted by Crippen LogP contribution is -2.52. The van der Waals surface area contributed by atoms with Gasteiger partial charge in [0.05, 0.1) is 37.1 Å². The molecule has 1 aromatic carbocycles. The SMILES string of the molecule is CC1(C)COCCN1Cc1nnnn1-c1ccc(C#N)cc1. The Kier molecular flexibility index (Phi) is 3.88. The maximum atomic E-state index is 8.87. The molecule has 2 heterocycles. The number of rotatable bonds is 3. The number of benzene rings is 1. The monoisotopic (exact) mass is 298 g/mol. The Morgan fingerprint density at radius 3 is 2.77 bits per heavy atom. The largest absolute Gasteiger partial charge is 0.378 e. The quantitative estimate of drug-likeness (QED) is 0.845. The summed E-state index contributed by atoms with van der Waals surface area (Å²) in [6.45, 7) is 7.24. The molecule has 0 bridgehead atoms. The molecule has 0 unspecified atom stereocenters. The van der Waals surface area contributed by atoms with E-state index < -0.39 is 0 Å². The highest BCUT2D eigenvalue weighted by atomic mass is 16.5. The molecular formula is C15H18N6O. The Balaban J connectivity index is 1.84. The number of morpholine rings is 1. The van der Waals surface area contributed by atoms with Crippen molar-refractivity contribution >= 4 is 0 Å². The average molecular weight is 298 g/mol. The molecule has 1 aliphatic heterocycles. The first-order valence-electron chi connectivity index (χ1n) is 7.21. The lowest BCUT2D eigenvalue weighted by molar-refractivity contribution is -0.0566. The first-order chi connectivity index (χ1) is 10.6. The molecule has 7 nitrogen and oxygen atoms in total. The van der Waals surface area contributed by atoms with Gasteiger partial charge in [-0.05, 0) is 48.5 Å². The predicted molar refractivity (Wildman–Crippen MR) is 79.2 cm³/mol. The van der Waals surface area contributed by atoms with Crippen molar-refractivity contribution in [3.8, 4) is 11.8 Å². The topological polar surface area (TPSA) is 79.9 Å². The van der Waals surface area contributed by atoms with Gasteiger partial charge in [0.1, 0.15) is 0 Å². The fourth-order valence-electron chi connectivity index (χ4n) is 2.54. The first kappa shape index (κ1) is 14.6. The number of hydrogen-bond donors (Lipinski definition) is 0. The van der Waals surface area contributed by atoms with Crippen molar-refractivity contribution in [1.29, 1.82) is 5.26 Å². The summed E-state index contributed by atoms with van der Waals surface area (Å²) in [7, 11) is 0. The summed E-state index contributed by atoms with van der Waals surface area (Å²) in [6.07, 6.45) is 0. The molecule has 2 aromatic rings. The molecule has 1 aromatic heterocycles. The zero-order valence-corrected chi connectivity index (χ0v) is 12.7. The minimum Gasteiger partial charge on any atom is -0.378 e. The molecule has 1 aliphatic rings. The normalized spacial score (nSPS) is 18.0. The third kappa shape index (κ3) is 2.84. The van der Waals surface area contributed by atoms with Crippen molar-refractivity contribution in [1.82, 2.24) is 25.1 Å². The van der Waals surface area contributed by atoms with Gasteiger partial charge in [0.25, 0.3) is 0 Å². The van der Waals surface area contributed by atoms with E-state index >= 15 is 0 Å². The number of tetrazole rings is 1. The molecule has 0 spiro atoms. The summed E-state index contributed by atoms with van der Waals surface area (Å²) >= 11 is 0. The fourth-order valence-corrected chi connectivity index (χ4v) is 2.54. The molecule has 22 heavy (non-hydrogen) atoms. The van der Waals surface area contributed by atoms with Crippen molar-refractivity contribution in [3.05, 3.63) is 35.7 Å². The Hall–Kier alpha value is -2.30. The number of hydrogen-bond acceptors (Lipinski definition) is 6. The predicted octanol–water partition coefficient (Wildman–Crippen LogP) is 1.14. The van der Waals surface area contributed by atoms with Crippen LogP contribution in [-0.4, -0.2) is 50.4 Å². The van der Waals surface area contributed by atoms with E-state index in [9.17, 15) is 0 Å². The zero-order chi connectivity index (χ0) is 15.6. The Morgan fingerprint density at radius 2 is 2.09 bits per heavy atom. The Bertz CT molecular complexity index is 685. The van der Waals surface area contributed by atoms with Crippen LogP contribution in [0.4, 0.5) is 0 Å². The lowest BCUT2D eigenvalue weighted by Gasteiger charge is -2.41. The van der Waals surface area contributed by atoms with E-state index in [1.54, 1.807) is 16.8 Å². The van der Waals surface area contributed by atoms with Crippen LogP contribution in [0.3, 0.4) is 0 Å². The fraction of sp³-hybridized carbons (Fsp3) is 0.467. The van der Waals surface area contributed by atoms with Gasteiger partial charge in [0.2, 0.25) is 0 Å². The molecule has 114 valence electrons. The second-order valence-electron chi connectivity index (χ2n) is 5.95. The van der Waals surface area contributed by atoms with Gasteiger partial charge in [-0.2, -0.15) is 9.94 Å². The van der Waals surface area contributed by atoms with Crippen molar-refractivity contribution in [2.24, 2.45) is 0 Å². The van der Waals surface area contributed by atoms with Crippen LogP contribution in [0.5, 0.6) is 0 Å². The summed E-state index contributed by atoms with van der Waals surface area (Å²) in [5.74, 6) is 0.777. The highest BCUT2D eigenvalue weighted by molar-refractivity contribution is 5.38. The maximum absolute atomic E-state index is 8.87. The standard InChI is InChI=1S/C15H18N6O/c1-15(2)11-22-8-7-20(15)10-14-17-18-19-21(14)13-5-3-12(9-16)4-6-13/h3-6H,7-8,10-11H2,1-2H3. The first-order valence-corrected chi connectivity index (χ1v) is 7.21. The van der Waals surface area contributed by atoms with Crippen LogP contribution in [0.15, 0.2) is 24.3 Å². The molecule has 0 atom stereocenters. The Morgan fingerprint density at radius 1 is 1.32 bits per heavy atom. The molecule has 1 fully saturated rings. The van der Waals surface area contributed by atoms with E-state index in [4.69, 9.17) is 10.00 Å². The average Bonchev–Trinajstić information content (AvgIpc) is 2.98. The summed E-state index contributed by atoms with van der Waals surface area (Å²) in [5, 5.41) is 20.9. The summed E-state index contributed by atoms with van der Waals surface area (Å²) in [5.41, 5.74) is 1.43. The van der Waals surface area contributed by atoms with Crippen LogP contribution in [0, 0.1) is 11.3 Å². The molecule has 1 saturated heterocycles. The van der Waals surface area contributed by atoms with Gasteiger partial charge in [-0.15, -0.1) is 5.10 Å². The zero-order valence-electron chi connectivity index (χ0n) is 12.7. The van der Waals surface area contributed by atoms with E-state index in [2.05, 4.69) is 40.3 Å². The van der Waals surface area contributed by atoms with Gasteiger partial charge < -0.3 is 4.74 Å². The highest BCUT2D eigenvalue weighted by Gasteiger charge is 2.31. The lowest BCUT2D eigenvalue weighted by atomic mass is 10.0. The molecule has 0 amide bonds. The van der Waals surface area contributed by atoms with Crippen LogP contribution in [0.2, 0.25) is 0 Å².